The molecule has 0 spiro atoms. The minimum atomic E-state index is -3.45. The summed E-state index contributed by atoms with van der Waals surface area (Å²) in [5.74, 6) is -0.997. The molecule has 0 aliphatic heterocycles. The summed E-state index contributed by atoms with van der Waals surface area (Å²) in [6.07, 6.45) is 0.248. The van der Waals surface area contributed by atoms with Crippen molar-refractivity contribution in [2.45, 2.75) is 32.7 Å². The van der Waals surface area contributed by atoms with Crippen molar-refractivity contribution in [3.8, 4) is 0 Å². The standard InChI is InChI=1S/C14H21NO4S/c1-3-15(12(2)11-14(16)17)20(18,19)10-9-13-7-5-4-6-8-13/h4-8,12H,3,9-11H2,1-2H3,(H,16,17). The van der Waals surface area contributed by atoms with E-state index in [9.17, 15) is 13.2 Å². The van der Waals surface area contributed by atoms with Crippen molar-refractivity contribution in [3.63, 3.8) is 0 Å². The van der Waals surface area contributed by atoms with Crippen LogP contribution in [0.3, 0.4) is 0 Å². The Hall–Kier alpha value is -1.40. The highest BCUT2D eigenvalue weighted by molar-refractivity contribution is 7.89. The van der Waals surface area contributed by atoms with Crippen LogP contribution in [0.15, 0.2) is 30.3 Å². The molecule has 0 aromatic heterocycles. The van der Waals surface area contributed by atoms with Crippen molar-refractivity contribution in [2.24, 2.45) is 0 Å². The van der Waals surface area contributed by atoms with Gasteiger partial charge in [-0.1, -0.05) is 37.3 Å². The number of hydrogen-bond donors (Lipinski definition) is 1. The van der Waals surface area contributed by atoms with E-state index in [1.54, 1.807) is 13.8 Å². The first kappa shape index (κ1) is 16.7. The van der Waals surface area contributed by atoms with Crippen LogP contribution in [0, 0.1) is 0 Å². The van der Waals surface area contributed by atoms with Crippen molar-refractivity contribution in [2.75, 3.05) is 12.3 Å². The molecule has 20 heavy (non-hydrogen) atoms. The third-order valence-electron chi connectivity index (χ3n) is 3.12. The van der Waals surface area contributed by atoms with Crippen molar-refractivity contribution in [1.29, 1.82) is 0 Å². The van der Waals surface area contributed by atoms with Crippen LogP contribution >= 0.6 is 0 Å². The first-order valence-corrected chi connectivity index (χ1v) is 8.23. The molecule has 0 saturated carbocycles. The fourth-order valence-corrected chi connectivity index (χ4v) is 3.89. The van der Waals surface area contributed by atoms with E-state index in [4.69, 9.17) is 5.11 Å². The summed E-state index contributed by atoms with van der Waals surface area (Å²) in [4.78, 5) is 10.7. The summed E-state index contributed by atoms with van der Waals surface area (Å²) in [5.41, 5.74) is 0.956. The minimum Gasteiger partial charge on any atom is -0.481 e. The summed E-state index contributed by atoms with van der Waals surface area (Å²) < 4.78 is 25.8. The van der Waals surface area contributed by atoms with Gasteiger partial charge < -0.3 is 5.11 Å². The zero-order valence-electron chi connectivity index (χ0n) is 11.8. The second-order valence-corrected chi connectivity index (χ2v) is 6.74. The molecule has 0 fully saturated rings. The molecule has 1 unspecified atom stereocenters. The molecular weight excluding hydrogens is 278 g/mol. The van der Waals surface area contributed by atoms with Gasteiger partial charge in [-0.2, -0.15) is 4.31 Å². The molecule has 1 N–H and O–H groups in total. The molecule has 0 radical (unpaired) electrons. The number of carboxylic acids is 1. The smallest absolute Gasteiger partial charge is 0.304 e. The normalized spacial score (nSPS) is 13.3. The summed E-state index contributed by atoms with van der Waals surface area (Å²) in [5, 5.41) is 8.78. The molecule has 0 aliphatic carbocycles. The van der Waals surface area contributed by atoms with Gasteiger partial charge in [0.15, 0.2) is 0 Å². The molecule has 1 rings (SSSR count). The Balaban J connectivity index is 2.72. The monoisotopic (exact) mass is 299 g/mol. The summed E-state index contributed by atoms with van der Waals surface area (Å²) >= 11 is 0. The summed E-state index contributed by atoms with van der Waals surface area (Å²) in [6, 6.07) is 8.85. The number of aliphatic carboxylic acids is 1. The van der Waals surface area contributed by atoms with Crippen molar-refractivity contribution in [1.82, 2.24) is 4.31 Å². The number of benzene rings is 1. The van der Waals surface area contributed by atoms with Crippen LogP contribution < -0.4 is 0 Å². The SMILES string of the molecule is CCN(C(C)CC(=O)O)S(=O)(=O)CCc1ccccc1. The van der Waals surface area contributed by atoms with Crippen LogP contribution in [0.25, 0.3) is 0 Å². The summed E-state index contributed by atoms with van der Waals surface area (Å²) in [6.45, 7) is 3.63. The van der Waals surface area contributed by atoms with Crippen molar-refractivity contribution < 1.29 is 18.3 Å². The molecule has 0 heterocycles. The van der Waals surface area contributed by atoms with E-state index in [1.165, 1.54) is 4.31 Å². The molecule has 0 amide bonds. The lowest BCUT2D eigenvalue weighted by molar-refractivity contribution is -0.137. The van der Waals surface area contributed by atoms with Gasteiger partial charge in [0.05, 0.1) is 12.2 Å². The number of nitrogens with zero attached hydrogens (tertiary/aromatic N) is 1. The number of rotatable bonds is 8. The second kappa shape index (κ2) is 7.40. The Morgan fingerprint density at radius 1 is 1.30 bits per heavy atom. The predicted octanol–water partition coefficient (Wildman–Crippen LogP) is 1.74. The number of aryl methyl sites for hydroxylation is 1. The zero-order valence-corrected chi connectivity index (χ0v) is 12.6. The fraction of sp³-hybridized carbons (Fsp3) is 0.500. The van der Waals surface area contributed by atoms with E-state index in [0.717, 1.165) is 5.56 Å². The highest BCUT2D eigenvalue weighted by atomic mass is 32.2. The Kier molecular flexibility index (Phi) is 6.16. The van der Waals surface area contributed by atoms with Gasteiger partial charge in [-0.25, -0.2) is 8.42 Å². The predicted molar refractivity (Wildman–Crippen MR) is 78.0 cm³/mol. The van der Waals surface area contributed by atoms with E-state index >= 15 is 0 Å². The van der Waals surface area contributed by atoms with E-state index in [-0.39, 0.29) is 18.7 Å². The Labute approximate surface area is 120 Å². The van der Waals surface area contributed by atoms with Gasteiger partial charge in [-0.15, -0.1) is 0 Å². The molecular formula is C14H21NO4S. The lowest BCUT2D eigenvalue weighted by Gasteiger charge is -2.26. The summed E-state index contributed by atoms with van der Waals surface area (Å²) in [7, 11) is -3.45. The maximum Gasteiger partial charge on any atom is 0.304 e. The van der Waals surface area contributed by atoms with Crippen molar-refractivity contribution in [3.05, 3.63) is 35.9 Å². The molecule has 6 heteroatoms. The number of sulfonamides is 1. The quantitative estimate of drug-likeness (QED) is 0.793. The van der Waals surface area contributed by atoms with E-state index in [0.29, 0.717) is 6.42 Å². The van der Waals surface area contributed by atoms with E-state index < -0.39 is 22.0 Å². The van der Waals surface area contributed by atoms with Crippen LogP contribution in [0.5, 0.6) is 0 Å². The molecule has 1 atom stereocenters. The molecule has 0 aliphatic rings. The van der Waals surface area contributed by atoms with Crippen LogP contribution in [0.2, 0.25) is 0 Å². The first-order chi connectivity index (χ1) is 9.36. The molecule has 5 nitrogen and oxygen atoms in total. The van der Waals surface area contributed by atoms with Crippen LogP contribution in [0.4, 0.5) is 0 Å². The number of carboxylic acid groups (broad SMARTS) is 1. The van der Waals surface area contributed by atoms with Crippen molar-refractivity contribution >= 4 is 16.0 Å². The third kappa shape index (κ3) is 4.94. The highest BCUT2D eigenvalue weighted by Crippen LogP contribution is 2.12. The largest absolute Gasteiger partial charge is 0.481 e. The molecule has 1 aromatic carbocycles. The molecule has 0 bridgehead atoms. The van der Waals surface area contributed by atoms with Crippen LogP contribution in [-0.4, -0.2) is 42.1 Å². The van der Waals surface area contributed by atoms with Crippen LogP contribution in [0.1, 0.15) is 25.8 Å². The van der Waals surface area contributed by atoms with Gasteiger partial charge in [0, 0.05) is 12.6 Å². The average Bonchev–Trinajstić information content (AvgIpc) is 2.37. The maximum atomic E-state index is 12.3. The second-order valence-electron chi connectivity index (χ2n) is 4.70. The average molecular weight is 299 g/mol. The zero-order chi connectivity index (χ0) is 15.2. The Morgan fingerprint density at radius 2 is 1.90 bits per heavy atom. The van der Waals surface area contributed by atoms with Crippen LogP contribution in [-0.2, 0) is 21.2 Å². The lowest BCUT2D eigenvalue weighted by Crippen LogP contribution is -2.41. The minimum absolute atomic E-state index is 0.00515. The van der Waals surface area contributed by atoms with E-state index in [2.05, 4.69) is 0 Å². The molecule has 112 valence electrons. The Bertz CT molecular complexity index is 527. The lowest BCUT2D eigenvalue weighted by atomic mass is 10.2. The van der Waals surface area contributed by atoms with Gasteiger partial charge in [-0.05, 0) is 18.9 Å². The van der Waals surface area contributed by atoms with Gasteiger partial charge in [-0.3, -0.25) is 4.79 Å². The number of hydrogen-bond acceptors (Lipinski definition) is 3. The number of carbonyl (C=O) groups is 1. The fourth-order valence-electron chi connectivity index (χ4n) is 2.15. The van der Waals surface area contributed by atoms with Gasteiger partial charge >= 0.3 is 5.97 Å². The Morgan fingerprint density at radius 3 is 2.40 bits per heavy atom. The highest BCUT2D eigenvalue weighted by Gasteiger charge is 2.26. The first-order valence-electron chi connectivity index (χ1n) is 6.62. The molecule has 1 aromatic rings. The maximum absolute atomic E-state index is 12.3. The van der Waals surface area contributed by atoms with E-state index in [1.807, 2.05) is 30.3 Å². The topological polar surface area (TPSA) is 74.7 Å². The van der Waals surface area contributed by atoms with Gasteiger partial charge in [0.25, 0.3) is 0 Å². The molecule has 0 saturated heterocycles. The van der Waals surface area contributed by atoms with Gasteiger partial charge in [0.1, 0.15) is 0 Å². The van der Waals surface area contributed by atoms with Gasteiger partial charge in [0.2, 0.25) is 10.0 Å². The third-order valence-corrected chi connectivity index (χ3v) is 5.17.